The van der Waals surface area contributed by atoms with Crippen molar-refractivity contribution in [1.82, 2.24) is 10.2 Å². The molecule has 3 aromatic rings. The summed E-state index contributed by atoms with van der Waals surface area (Å²) in [5.74, 6) is -2.80. The molecule has 1 heterocycles. The summed E-state index contributed by atoms with van der Waals surface area (Å²) in [4.78, 5) is 11.9. The summed E-state index contributed by atoms with van der Waals surface area (Å²) in [5.41, 5.74) is 0.386. The maximum atomic E-state index is 13.5. The summed E-state index contributed by atoms with van der Waals surface area (Å²) in [6.45, 7) is 0. The first kappa shape index (κ1) is 15.7. The van der Waals surface area contributed by atoms with E-state index in [1.54, 1.807) is 12.1 Å². The molecular formula is C16H10F3N3O2. The Balaban J connectivity index is 1.69. The molecule has 122 valence electrons. The molecule has 1 N–H and O–H groups in total. The van der Waals surface area contributed by atoms with Crippen LogP contribution in [0.4, 0.5) is 19.2 Å². The largest absolute Gasteiger partial charge is 0.407 e. The van der Waals surface area contributed by atoms with E-state index in [-0.39, 0.29) is 29.7 Å². The SMILES string of the molecule is O=C(Nc1nnc(Cc2ccc(F)cc2)o1)c1ccc(F)cc1F. The third-order valence-corrected chi connectivity index (χ3v) is 3.13. The van der Waals surface area contributed by atoms with E-state index in [0.717, 1.165) is 17.7 Å². The molecule has 0 spiro atoms. The topological polar surface area (TPSA) is 68.0 Å². The predicted octanol–water partition coefficient (Wildman–Crippen LogP) is 3.33. The van der Waals surface area contributed by atoms with Crippen molar-refractivity contribution < 1.29 is 22.4 Å². The third kappa shape index (κ3) is 3.60. The molecule has 1 amide bonds. The van der Waals surface area contributed by atoms with Crippen molar-refractivity contribution in [2.45, 2.75) is 6.42 Å². The van der Waals surface area contributed by atoms with E-state index in [0.29, 0.717) is 6.07 Å². The van der Waals surface area contributed by atoms with Gasteiger partial charge in [-0.15, -0.1) is 5.10 Å². The van der Waals surface area contributed by atoms with E-state index in [1.807, 2.05) is 0 Å². The van der Waals surface area contributed by atoms with Crippen molar-refractivity contribution in [1.29, 1.82) is 0 Å². The Bertz CT molecular complexity index is 879. The molecule has 8 heteroatoms. The van der Waals surface area contributed by atoms with E-state index < -0.39 is 17.5 Å². The monoisotopic (exact) mass is 333 g/mol. The second-order valence-electron chi connectivity index (χ2n) is 4.88. The third-order valence-electron chi connectivity index (χ3n) is 3.13. The molecule has 0 aliphatic heterocycles. The van der Waals surface area contributed by atoms with Gasteiger partial charge < -0.3 is 4.42 Å². The lowest BCUT2D eigenvalue weighted by atomic mass is 10.1. The fourth-order valence-electron chi connectivity index (χ4n) is 1.99. The minimum absolute atomic E-state index is 0.191. The van der Waals surface area contributed by atoms with E-state index in [2.05, 4.69) is 15.5 Å². The van der Waals surface area contributed by atoms with Gasteiger partial charge in [-0.1, -0.05) is 17.2 Å². The predicted molar refractivity (Wildman–Crippen MR) is 77.8 cm³/mol. The van der Waals surface area contributed by atoms with E-state index in [1.165, 1.54) is 12.1 Å². The van der Waals surface area contributed by atoms with Crippen LogP contribution in [0.25, 0.3) is 0 Å². The van der Waals surface area contributed by atoms with Crippen molar-refractivity contribution >= 4 is 11.9 Å². The summed E-state index contributed by atoms with van der Waals surface area (Å²) in [6, 6.07) is 8.07. The van der Waals surface area contributed by atoms with Crippen LogP contribution in [-0.4, -0.2) is 16.1 Å². The summed E-state index contributed by atoms with van der Waals surface area (Å²) >= 11 is 0. The Morgan fingerprint density at radius 1 is 1.00 bits per heavy atom. The highest BCUT2D eigenvalue weighted by molar-refractivity contribution is 6.03. The van der Waals surface area contributed by atoms with Gasteiger partial charge in [-0.2, -0.15) is 0 Å². The van der Waals surface area contributed by atoms with Gasteiger partial charge in [0, 0.05) is 6.07 Å². The lowest BCUT2D eigenvalue weighted by Gasteiger charge is -2.02. The second kappa shape index (κ2) is 6.53. The van der Waals surface area contributed by atoms with Crippen LogP contribution in [0.1, 0.15) is 21.8 Å². The minimum atomic E-state index is -1.00. The zero-order valence-electron chi connectivity index (χ0n) is 12.1. The first-order chi connectivity index (χ1) is 11.5. The van der Waals surface area contributed by atoms with Gasteiger partial charge in [-0.3, -0.25) is 10.1 Å². The number of amides is 1. The number of nitrogens with one attached hydrogen (secondary N) is 1. The summed E-state index contributed by atoms with van der Waals surface area (Å²) in [5, 5.41) is 9.59. The number of carbonyl (C=O) groups excluding carboxylic acids is 1. The lowest BCUT2D eigenvalue weighted by Crippen LogP contribution is -2.14. The molecule has 3 rings (SSSR count). The van der Waals surface area contributed by atoms with Crippen molar-refractivity contribution in [2.24, 2.45) is 0 Å². The maximum Gasteiger partial charge on any atom is 0.322 e. The number of rotatable bonds is 4. The number of halogens is 3. The summed E-state index contributed by atoms with van der Waals surface area (Å²) in [7, 11) is 0. The smallest absolute Gasteiger partial charge is 0.322 e. The van der Waals surface area contributed by atoms with Gasteiger partial charge in [0.15, 0.2) is 0 Å². The van der Waals surface area contributed by atoms with Crippen molar-refractivity contribution in [2.75, 3.05) is 5.32 Å². The van der Waals surface area contributed by atoms with E-state index in [9.17, 15) is 18.0 Å². The highest BCUT2D eigenvalue weighted by atomic mass is 19.1. The van der Waals surface area contributed by atoms with Gasteiger partial charge in [0.2, 0.25) is 5.89 Å². The Labute approximate surface area is 134 Å². The van der Waals surface area contributed by atoms with Crippen LogP contribution in [-0.2, 0) is 6.42 Å². The fraction of sp³-hybridized carbons (Fsp3) is 0.0625. The Morgan fingerprint density at radius 2 is 1.71 bits per heavy atom. The molecule has 0 bridgehead atoms. The molecule has 0 saturated carbocycles. The van der Waals surface area contributed by atoms with Crippen molar-refractivity contribution in [3.05, 3.63) is 76.9 Å². The van der Waals surface area contributed by atoms with Gasteiger partial charge in [0.1, 0.15) is 17.5 Å². The van der Waals surface area contributed by atoms with Crippen LogP contribution in [0, 0.1) is 17.5 Å². The van der Waals surface area contributed by atoms with E-state index in [4.69, 9.17) is 4.42 Å². The molecule has 0 unspecified atom stereocenters. The average molecular weight is 333 g/mol. The highest BCUT2D eigenvalue weighted by Crippen LogP contribution is 2.15. The Hall–Kier alpha value is -3.16. The molecule has 2 aromatic carbocycles. The van der Waals surface area contributed by atoms with Gasteiger partial charge in [-0.25, -0.2) is 13.2 Å². The highest BCUT2D eigenvalue weighted by Gasteiger charge is 2.16. The molecular weight excluding hydrogens is 323 g/mol. The zero-order valence-corrected chi connectivity index (χ0v) is 12.1. The molecule has 0 saturated heterocycles. The molecule has 0 radical (unpaired) electrons. The second-order valence-corrected chi connectivity index (χ2v) is 4.88. The van der Waals surface area contributed by atoms with Crippen LogP contribution in [0.5, 0.6) is 0 Å². The van der Waals surface area contributed by atoms with Crippen molar-refractivity contribution in [3.8, 4) is 0 Å². The van der Waals surface area contributed by atoms with Crippen LogP contribution < -0.4 is 5.32 Å². The number of anilines is 1. The first-order valence-electron chi connectivity index (χ1n) is 6.84. The summed E-state index contributed by atoms with van der Waals surface area (Å²) < 4.78 is 44.4. The quantitative estimate of drug-likeness (QED) is 0.795. The summed E-state index contributed by atoms with van der Waals surface area (Å²) in [6.07, 6.45) is 0.244. The first-order valence-corrected chi connectivity index (χ1v) is 6.84. The average Bonchev–Trinajstić information content (AvgIpc) is 2.96. The molecule has 0 fully saturated rings. The Kier molecular flexibility index (Phi) is 4.28. The minimum Gasteiger partial charge on any atom is -0.407 e. The number of benzene rings is 2. The number of carbonyl (C=O) groups is 1. The molecule has 0 aliphatic carbocycles. The van der Waals surface area contributed by atoms with Crippen LogP contribution in [0.2, 0.25) is 0 Å². The standard InChI is InChI=1S/C16H10F3N3O2/c17-10-3-1-9(2-4-10)7-14-21-22-16(24-14)20-15(23)12-6-5-11(18)8-13(12)19/h1-6,8H,7H2,(H,20,22,23). The number of aromatic nitrogens is 2. The molecule has 5 nitrogen and oxygen atoms in total. The van der Waals surface area contributed by atoms with Gasteiger partial charge in [0.25, 0.3) is 5.91 Å². The molecule has 24 heavy (non-hydrogen) atoms. The van der Waals surface area contributed by atoms with Crippen LogP contribution >= 0.6 is 0 Å². The zero-order chi connectivity index (χ0) is 17.1. The lowest BCUT2D eigenvalue weighted by molar-refractivity contribution is 0.102. The molecule has 0 aliphatic rings. The van der Waals surface area contributed by atoms with E-state index >= 15 is 0 Å². The van der Waals surface area contributed by atoms with Gasteiger partial charge in [0.05, 0.1) is 12.0 Å². The maximum absolute atomic E-state index is 13.5. The number of hydrogen-bond donors (Lipinski definition) is 1. The number of hydrogen-bond acceptors (Lipinski definition) is 4. The fourth-order valence-corrected chi connectivity index (χ4v) is 1.99. The van der Waals surface area contributed by atoms with Crippen LogP contribution in [0.3, 0.4) is 0 Å². The van der Waals surface area contributed by atoms with Gasteiger partial charge in [-0.05, 0) is 29.8 Å². The normalized spacial score (nSPS) is 10.6. The van der Waals surface area contributed by atoms with Crippen LogP contribution in [0.15, 0.2) is 46.9 Å². The Morgan fingerprint density at radius 3 is 2.42 bits per heavy atom. The van der Waals surface area contributed by atoms with Gasteiger partial charge >= 0.3 is 6.01 Å². The molecule has 0 atom stereocenters. The number of nitrogens with zero attached hydrogens (tertiary/aromatic N) is 2. The molecule has 1 aromatic heterocycles. The van der Waals surface area contributed by atoms with Crippen molar-refractivity contribution in [3.63, 3.8) is 0 Å².